The topological polar surface area (TPSA) is 64.3 Å². The fourth-order valence-electron chi connectivity index (χ4n) is 1.86. The molecule has 0 aliphatic heterocycles. The van der Waals surface area contributed by atoms with Crippen LogP contribution in [0.25, 0.3) is 0 Å². The highest BCUT2D eigenvalue weighted by Crippen LogP contribution is 2.14. The Balaban J connectivity index is 1.70. The molecule has 0 radical (unpaired) electrons. The number of hydrogen-bond acceptors (Lipinski definition) is 3. The Morgan fingerprint density at radius 3 is 2.76 bits per heavy atom. The highest BCUT2D eigenvalue weighted by molar-refractivity contribution is 9.10. The van der Waals surface area contributed by atoms with Gasteiger partial charge in [0.1, 0.15) is 12.4 Å². The number of nitrogens with two attached hydrogens (primary N) is 1. The summed E-state index contributed by atoms with van der Waals surface area (Å²) in [6, 6.07) is 14.9. The minimum Gasteiger partial charge on any atom is -0.492 e. The van der Waals surface area contributed by atoms with E-state index in [-0.39, 0.29) is 5.91 Å². The van der Waals surface area contributed by atoms with Crippen LogP contribution in [0.2, 0.25) is 0 Å². The molecule has 2 rings (SSSR count). The Hall–Kier alpha value is -2.01. The molecule has 0 spiro atoms. The average Bonchev–Trinajstić information content (AvgIpc) is 2.44. The van der Waals surface area contributed by atoms with E-state index in [9.17, 15) is 4.79 Å². The maximum Gasteiger partial charge on any atom is 0.224 e. The Kier molecular flexibility index (Phi) is 5.63. The van der Waals surface area contributed by atoms with Gasteiger partial charge < -0.3 is 15.8 Å². The fraction of sp³-hybridized carbons (Fsp3) is 0.188. The van der Waals surface area contributed by atoms with Gasteiger partial charge in [-0.2, -0.15) is 0 Å². The molecule has 1 amide bonds. The largest absolute Gasteiger partial charge is 0.492 e. The second-order valence-electron chi connectivity index (χ2n) is 4.58. The third-order valence-electron chi connectivity index (χ3n) is 2.80. The second kappa shape index (κ2) is 7.69. The Morgan fingerprint density at radius 2 is 2.00 bits per heavy atom. The van der Waals surface area contributed by atoms with Gasteiger partial charge in [-0.05, 0) is 29.8 Å². The van der Waals surface area contributed by atoms with E-state index in [1.54, 1.807) is 12.1 Å². The molecule has 0 saturated heterocycles. The van der Waals surface area contributed by atoms with Crippen molar-refractivity contribution in [3.8, 4) is 5.75 Å². The third kappa shape index (κ3) is 5.47. The molecule has 2 aromatic rings. The van der Waals surface area contributed by atoms with Gasteiger partial charge in [-0.15, -0.1) is 0 Å². The summed E-state index contributed by atoms with van der Waals surface area (Å²) in [6.07, 6.45) is 0.359. The molecule has 0 unspecified atom stereocenters. The van der Waals surface area contributed by atoms with Gasteiger partial charge in [0, 0.05) is 16.2 Å². The first-order chi connectivity index (χ1) is 10.1. The molecular formula is C16H17BrN2O2. The van der Waals surface area contributed by atoms with Crippen molar-refractivity contribution in [1.82, 2.24) is 5.32 Å². The van der Waals surface area contributed by atoms with Crippen molar-refractivity contribution >= 4 is 27.5 Å². The number of hydrogen-bond donors (Lipinski definition) is 2. The van der Waals surface area contributed by atoms with Gasteiger partial charge in [-0.3, -0.25) is 4.79 Å². The van der Waals surface area contributed by atoms with E-state index in [2.05, 4.69) is 21.2 Å². The normalized spacial score (nSPS) is 10.1. The molecular weight excluding hydrogens is 332 g/mol. The predicted octanol–water partition coefficient (Wildman–Crippen LogP) is 2.77. The van der Waals surface area contributed by atoms with E-state index >= 15 is 0 Å². The molecule has 0 saturated carbocycles. The third-order valence-corrected chi connectivity index (χ3v) is 3.30. The molecule has 0 heterocycles. The minimum absolute atomic E-state index is 0.0238. The molecule has 0 aliphatic carbocycles. The monoisotopic (exact) mass is 348 g/mol. The number of nitrogens with one attached hydrogen (secondary N) is 1. The number of anilines is 1. The van der Waals surface area contributed by atoms with Crippen molar-refractivity contribution in [1.29, 1.82) is 0 Å². The first-order valence-corrected chi connectivity index (χ1v) is 7.42. The zero-order valence-corrected chi connectivity index (χ0v) is 13.1. The number of halogens is 1. The van der Waals surface area contributed by atoms with Crippen molar-refractivity contribution in [3.63, 3.8) is 0 Å². The lowest BCUT2D eigenvalue weighted by molar-refractivity contribution is -0.120. The number of benzene rings is 2. The highest BCUT2D eigenvalue weighted by atomic mass is 79.9. The minimum atomic E-state index is -0.0238. The van der Waals surface area contributed by atoms with Crippen LogP contribution in [0.3, 0.4) is 0 Å². The SMILES string of the molecule is Nc1cccc(OCCNC(=O)Cc2cccc(Br)c2)c1. The van der Waals surface area contributed by atoms with Crippen LogP contribution in [0.5, 0.6) is 5.75 Å². The van der Waals surface area contributed by atoms with Crippen molar-refractivity contribution in [2.45, 2.75) is 6.42 Å². The van der Waals surface area contributed by atoms with E-state index in [0.717, 1.165) is 10.0 Å². The number of nitrogen functional groups attached to an aromatic ring is 1. The molecule has 2 aromatic carbocycles. The van der Waals surface area contributed by atoms with E-state index in [0.29, 0.717) is 31.0 Å². The standard InChI is InChI=1S/C16H17BrN2O2/c17-13-4-1-3-12(9-13)10-16(20)19-7-8-21-15-6-2-5-14(18)11-15/h1-6,9,11H,7-8,10,18H2,(H,19,20). The van der Waals surface area contributed by atoms with Gasteiger partial charge >= 0.3 is 0 Å². The molecule has 4 nitrogen and oxygen atoms in total. The Morgan fingerprint density at radius 1 is 1.19 bits per heavy atom. The summed E-state index contributed by atoms with van der Waals surface area (Å²) in [7, 11) is 0. The van der Waals surface area contributed by atoms with Crippen molar-refractivity contribution in [2.24, 2.45) is 0 Å². The number of carbonyl (C=O) groups excluding carboxylic acids is 1. The van der Waals surface area contributed by atoms with Crippen LogP contribution >= 0.6 is 15.9 Å². The Labute approximate surface area is 132 Å². The molecule has 110 valence electrons. The summed E-state index contributed by atoms with van der Waals surface area (Å²) in [4.78, 5) is 11.8. The first-order valence-electron chi connectivity index (χ1n) is 6.63. The summed E-state index contributed by atoms with van der Waals surface area (Å²) < 4.78 is 6.47. The molecule has 3 N–H and O–H groups in total. The molecule has 5 heteroatoms. The van der Waals surface area contributed by atoms with Crippen LogP contribution in [0, 0.1) is 0 Å². The maximum atomic E-state index is 11.8. The van der Waals surface area contributed by atoms with E-state index < -0.39 is 0 Å². The lowest BCUT2D eigenvalue weighted by Crippen LogP contribution is -2.29. The molecule has 0 fully saturated rings. The van der Waals surface area contributed by atoms with Gasteiger partial charge in [-0.25, -0.2) is 0 Å². The van der Waals surface area contributed by atoms with Gasteiger partial charge in [0.15, 0.2) is 0 Å². The molecule has 0 aromatic heterocycles. The number of carbonyl (C=O) groups is 1. The van der Waals surface area contributed by atoms with Crippen molar-refractivity contribution in [3.05, 3.63) is 58.6 Å². The quantitative estimate of drug-likeness (QED) is 0.623. The average molecular weight is 349 g/mol. The first kappa shape index (κ1) is 15.4. The summed E-state index contributed by atoms with van der Waals surface area (Å²) in [5.74, 6) is 0.681. The number of rotatable bonds is 6. The van der Waals surface area contributed by atoms with Gasteiger partial charge in [0.25, 0.3) is 0 Å². The van der Waals surface area contributed by atoms with Crippen molar-refractivity contribution in [2.75, 3.05) is 18.9 Å². The van der Waals surface area contributed by atoms with Crippen LogP contribution in [0.15, 0.2) is 53.0 Å². The molecule has 0 atom stereocenters. The van der Waals surface area contributed by atoms with Crippen molar-refractivity contribution < 1.29 is 9.53 Å². The zero-order chi connectivity index (χ0) is 15.1. The predicted molar refractivity (Wildman–Crippen MR) is 87.2 cm³/mol. The number of amides is 1. The van der Waals surface area contributed by atoms with Crippen LogP contribution in [-0.4, -0.2) is 19.1 Å². The van der Waals surface area contributed by atoms with Crippen LogP contribution < -0.4 is 15.8 Å². The van der Waals surface area contributed by atoms with Gasteiger partial charge in [0.05, 0.1) is 13.0 Å². The zero-order valence-electron chi connectivity index (χ0n) is 11.5. The summed E-state index contributed by atoms with van der Waals surface area (Å²) >= 11 is 3.39. The summed E-state index contributed by atoms with van der Waals surface area (Å²) in [5.41, 5.74) is 7.29. The molecule has 0 bridgehead atoms. The van der Waals surface area contributed by atoms with Crippen LogP contribution in [0.4, 0.5) is 5.69 Å². The van der Waals surface area contributed by atoms with E-state index in [4.69, 9.17) is 10.5 Å². The van der Waals surface area contributed by atoms with Crippen LogP contribution in [-0.2, 0) is 11.2 Å². The summed E-state index contributed by atoms with van der Waals surface area (Å²) in [5, 5.41) is 2.82. The lowest BCUT2D eigenvalue weighted by Gasteiger charge is -2.08. The molecule has 0 aliphatic rings. The summed E-state index contributed by atoms with van der Waals surface area (Å²) in [6.45, 7) is 0.870. The highest BCUT2D eigenvalue weighted by Gasteiger charge is 2.03. The smallest absolute Gasteiger partial charge is 0.224 e. The maximum absolute atomic E-state index is 11.8. The fourth-order valence-corrected chi connectivity index (χ4v) is 2.31. The van der Waals surface area contributed by atoms with Crippen LogP contribution in [0.1, 0.15) is 5.56 Å². The second-order valence-corrected chi connectivity index (χ2v) is 5.49. The number of ether oxygens (including phenoxy) is 1. The molecule has 21 heavy (non-hydrogen) atoms. The van der Waals surface area contributed by atoms with E-state index in [1.165, 1.54) is 0 Å². The van der Waals surface area contributed by atoms with Gasteiger partial charge in [0.2, 0.25) is 5.91 Å². The van der Waals surface area contributed by atoms with E-state index in [1.807, 2.05) is 36.4 Å². The Bertz CT molecular complexity index is 617. The van der Waals surface area contributed by atoms with Gasteiger partial charge in [-0.1, -0.05) is 34.1 Å². The lowest BCUT2D eigenvalue weighted by atomic mass is 10.1.